The molecule has 4 nitrogen and oxygen atoms in total. The predicted molar refractivity (Wildman–Crippen MR) is 133 cm³/mol. The van der Waals surface area contributed by atoms with Crippen molar-refractivity contribution in [3.63, 3.8) is 0 Å². The van der Waals surface area contributed by atoms with Crippen molar-refractivity contribution in [2.75, 3.05) is 39.6 Å². The highest BCUT2D eigenvalue weighted by Gasteiger charge is 2.15. The second-order valence-corrected chi connectivity index (χ2v) is 8.09. The fourth-order valence-electron chi connectivity index (χ4n) is 3.73. The van der Waals surface area contributed by atoms with E-state index < -0.39 is 0 Å². The molecule has 0 saturated heterocycles. The molecule has 0 atom stereocenters. The lowest BCUT2D eigenvalue weighted by Gasteiger charge is -2.18. The maximum atomic E-state index is 6.32. The number of rotatable bonds is 16. The monoisotopic (exact) mass is 438 g/mol. The summed E-state index contributed by atoms with van der Waals surface area (Å²) in [5.41, 5.74) is 0. The molecule has 0 fully saturated rings. The van der Waals surface area contributed by atoms with Crippen LogP contribution in [0.5, 0.6) is 11.5 Å². The van der Waals surface area contributed by atoms with Gasteiger partial charge in [0, 0.05) is 60.8 Å². The summed E-state index contributed by atoms with van der Waals surface area (Å²) in [4.78, 5) is 0. The number of hydrogen-bond donors (Lipinski definition) is 0. The van der Waals surface area contributed by atoms with E-state index in [0.717, 1.165) is 98.0 Å². The Morgan fingerprint density at radius 2 is 0.812 bits per heavy atom. The van der Waals surface area contributed by atoms with Gasteiger partial charge in [0.2, 0.25) is 0 Å². The van der Waals surface area contributed by atoms with Crippen molar-refractivity contribution >= 4 is 21.5 Å². The van der Waals surface area contributed by atoms with Gasteiger partial charge in [0.1, 0.15) is 11.5 Å². The van der Waals surface area contributed by atoms with Crippen molar-refractivity contribution in [2.24, 2.45) is 0 Å². The Balaban J connectivity index is 1.72. The SMILES string of the molecule is CCCCOCCCOc1c2ccccc2c(OCCCOCCCC)c2ccccc12. The topological polar surface area (TPSA) is 36.9 Å². The molecule has 0 unspecified atom stereocenters. The first-order valence-electron chi connectivity index (χ1n) is 12.2. The molecule has 0 radical (unpaired) electrons. The van der Waals surface area contributed by atoms with Crippen LogP contribution in [0.1, 0.15) is 52.4 Å². The average molecular weight is 439 g/mol. The molecule has 0 heterocycles. The molecule has 0 bridgehead atoms. The van der Waals surface area contributed by atoms with E-state index in [9.17, 15) is 0 Å². The Morgan fingerprint density at radius 3 is 1.16 bits per heavy atom. The summed E-state index contributed by atoms with van der Waals surface area (Å²) in [6.07, 6.45) is 6.31. The van der Waals surface area contributed by atoms with Crippen LogP contribution in [0.2, 0.25) is 0 Å². The highest BCUT2D eigenvalue weighted by molar-refractivity contribution is 6.11. The van der Waals surface area contributed by atoms with Crippen LogP contribution < -0.4 is 9.47 Å². The smallest absolute Gasteiger partial charge is 0.135 e. The summed E-state index contributed by atoms with van der Waals surface area (Å²) >= 11 is 0. The molecule has 4 heteroatoms. The van der Waals surface area contributed by atoms with Crippen molar-refractivity contribution in [1.82, 2.24) is 0 Å². The number of fused-ring (bicyclic) bond motifs is 2. The van der Waals surface area contributed by atoms with Crippen molar-refractivity contribution in [2.45, 2.75) is 52.4 Å². The fourth-order valence-corrected chi connectivity index (χ4v) is 3.73. The summed E-state index contributed by atoms with van der Waals surface area (Å²) in [6.45, 7) is 8.75. The van der Waals surface area contributed by atoms with Crippen molar-refractivity contribution in [3.8, 4) is 11.5 Å². The third-order valence-electron chi connectivity index (χ3n) is 5.48. The van der Waals surface area contributed by atoms with Gasteiger partial charge in [-0.2, -0.15) is 0 Å². The van der Waals surface area contributed by atoms with Gasteiger partial charge in [-0.15, -0.1) is 0 Å². The minimum absolute atomic E-state index is 0.634. The summed E-state index contributed by atoms with van der Waals surface area (Å²) in [7, 11) is 0. The number of unbranched alkanes of at least 4 members (excludes halogenated alkanes) is 2. The van der Waals surface area contributed by atoms with Gasteiger partial charge in [-0.3, -0.25) is 0 Å². The molecule has 3 aromatic carbocycles. The van der Waals surface area contributed by atoms with E-state index in [0.29, 0.717) is 13.2 Å². The highest BCUT2D eigenvalue weighted by atomic mass is 16.5. The van der Waals surface area contributed by atoms with Crippen LogP contribution in [0.3, 0.4) is 0 Å². The molecule has 0 aliphatic rings. The normalized spacial score (nSPS) is 11.3. The van der Waals surface area contributed by atoms with Gasteiger partial charge < -0.3 is 18.9 Å². The van der Waals surface area contributed by atoms with E-state index >= 15 is 0 Å². The number of benzene rings is 3. The minimum atomic E-state index is 0.634. The van der Waals surface area contributed by atoms with Crippen LogP contribution in [0, 0.1) is 0 Å². The second-order valence-electron chi connectivity index (χ2n) is 8.09. The minimum Gasteiger partial charge on any atom is -0.492 e. The first-order valence-corrected chi connectivity index (χ1v) is 12.2. The van der Waals surface area contributed by atoms with E-state index in [4.69, 9.17) is 18.9 Å². The van der Waals surface area contributed by atoms with Gasteiger partial charge in [-0.05, 0) is 12.8 Å². The molecule has 32 heavy (non-hydrogen) atoms. The standard InChI is InChI=1S/C28H38O4/c1-3-5-17-29-19-11-21-31-27-23-13-7-9-15-25(23)28(26-16-10-8-14-24(26)27)32-22-12-20-30-18-6-4-2/h7-10,13-16H,3-6,11-12,17-22H2,1-2H3. The molecule has 0 aromatic heterocycles. The van der Waals surface area contributed by atoms with Crippen LogP contribution in [0.15, 0.2) is 48.5 Å². The van der Waals surface area contributed by atoms with Gasteiger partial charge in [-0.1, -0.05) is 75.2 Å². The zero-order chi connectivity index (χ0) is 22.4. The lowest BCUT2D eigenvalue weighted by atomic mass is 10.0. The zero-order valence-corrected chi connectivity index (χ0v) is 19.7. The first-order chi connectivity index (χ1) is 15.9. The molecule has 3 aromatic rings. The fraction of sp³-hybridized carbons (Fsp3) is 0.500. The molecule has 0 amide bonds. The van der Waals surface area contributed by atoms with Crippen molar-refractivity contribution < 1.29 is 18.9 Å². The van der Waals surface area contributed by atoms with Gasteiger partial charge in [0.25, 0.3) is 0 Å². The van der Waals surface area contributed by atoms with Gasteiger partial charge in [0.05, 0.1) is 13.2 Å². The molecular weight excluding hydrogens is 400 g/mol. The van der Waals surface area contributed by atoms with E-state index in [1.54, 1.807) is 0 Å². The molecule has 0 aliphatic heterocycles. The third-order valence-corrected chi connectivity index (χ3v) is 5.48. The number of ether oxygens (including phenoxy) is 4. The van der Waals surface area contributed by atoms with Crippen LogP contribution >= 0.6 is 0 Å². The third kappa shape index (κ3) is 6.85. The van der Waals surface area contributed by atoms with E-state index in [1.807, 2.05) is 0 Å². The first kappa shape index (κ1) is 24.3. The highest BCUT2D eigenvalue weighted by Crippen LogP contribution is 2.42. The Labute approximate surface area is 192 Å². The quantitative estimate of drug-likeness (QED) is 0.176. The van der Waals surface area contributed by atoms with E-state index in [-0.39, 0.29) is 0 Å². The van der Waals surface area contributed by atoms with Crippen molar-refractivity contribution in [1.29, 1.82) is 0 Å². The number of hydrogen-bond acceptors (Lipinski definition) is 4. The lowest BCUT2D eigenvalue weighted by molar-refractivity contribution is 0.117. The predicted octanol–water partition coefficient (Wildman–Crippen LogP) is 7.16. The van der Waals surface area contributed by atoms with E-state index in [2.05, 4.69) is 62.4 Å². The average Bonchev–Trinajstić information content (AvgIpc) is 2.83. The Hall–Kier alpha value is -2.30. The largest absolute Gasteiger partial charge is 0.492 e. The van der Waals surface area contributed by atoms with Crippen molar-refractivity contribution in [3.05, 3.63) is 48.5 Å². The molecule has 0 saturated carbocycles. The van der Waals surface area contributed by atoms with Crippen LogP contribution in [-0.4, -0.2) is 39.6 Å². The molecule has 0 N–H and O–H groups in total. The molecule has 3 rings (SSSR count). The van der Waals surface area contributed by atoms with Crippen LogP contribution in [0.4, 0.5) is 0 Å². The summed E-state index contributed by atoms with van der Waals surface area (Å²) in [5, 5.41) is 4.36. The summed E-state index contributed by atoms with van der Waals surface area (Å²) < 4.78 is 24.0. The lowest BCUT2D eigenvalue weighted by Crippen LogP contribution is -2.06. The second kappa shape index (κ2) is 14.0. The molecular formula is C28H38O4. The zero-order valence-electron chi connectivity index (χ0n) is 19.7. The maximum Gasteiger partial charge on any atom is 0.135 e. The van der Waals surface area contributed by atoms with Crippen LogP contribution in [0.25, 0.3) is 21.5 Å². The molecule has 0 aliphatic carbocycles. The Morgan fingerprint density at radius 1 is 0.469 bits per heavy atom. The summed E-state index contributed by atoms with van der Waals surface area (Å²) in [5.74, 6) is 1.86. The summed E-state index contributed by atoms with van der Waals surface area (Å²) in [6, 6.07) is 16.7. The maximum absolute atomic E-state index is 6.32. The Kier molecular flexibility index (Phi) is 10.6. The van der Waals surface area contributed by atoms with Gasteiger partial charge in [0.15, 0.2) is 0 Å². The van der Waals surface area contributed by atoms with Crippen LogP contribution in [-0.2, 0) is 9.47 Å². The van der Waals surface area contributed by atoms with Gasteiger partial charge in [-0.25, -0.2) is 0 Å². The molecule has 174 valence electrons. The molecule has 0 spiro atoms. The Bertz CT molecular complexity index is 804. The van der Waals surface area contributed by atoms with E-state index in [1.165, 1.54) is 0 Å². The van der Waals surface area contributed by atoms with Gasteiger partial charge >= 0.3 is 0 Å².